The molecule has 0 aliphatic carbocycles. The molecule has 0 heterocycles. The number of nitrogens with one attached hydrogen (secondary N) is 1. The molecule has 0 aliphatic heterocycles. The fourth-order valence-corrected chi connectivity index (χ4v) is 2.15. The minimum absolute atomic E-state index is 0.238. The third-order valence-electron chi connectivity index (χ3n) is 3.33. The second-order valence-corrected chi connectivity index (χ2v) is 8.87. The Hall–Kier alpha value is -1.26. The molecule has 0 radical (unpaired) electrons. The second kappa shape index (κ2) is 17.3. The van der Waals surface area contributed by atoms with Crippen molar-refractivity contribution in [2.24, 2.45) is 0 Å². The third kappa shape index (κ3) is 24.9. The number of hydrogen-bond acceptors (Lipinski definition) is 9. The predicted octanol–water partition coefficient (Wildman–Crippen LogP) is 2.11. The number of rotatable bonds is 18. The largest absolute Gasteiger partial charge is 0.460 e. The van der Waals surface area contributed by atoms with Crippen molar-refractivity contribution in [2.45, 2.75) is 65.6 Å². The number of hydrogen-bond donors (Lipinski definition) is 1. The minimum atomic E-state index is -0.466. The summed E-state index contributed by atoms with van der Waals surface area (Å²) in [4.78, 5) is 23.0. The van der Waals surface area contributed by atoms with Gasteiger partial charge in [-0.3, -0.25) is 9.59 Å². The van der Waals surface area contributed by atoms with Gasteiger partial charge in [0, 0.05) is 13.1 Å². The Kier molecular flexibility index (Phi) is 16.6. The lowest BCUT2D eigenvalue weighted by molar-refractivity contribution is -0.157. The van der Waals surface area contributed by atoms with Gasteiger partial charge < -0.3 is 33.7 Å². The number of ether oxygens (including phenoxy) is 6. The standard InChI is InChI=1S/C22H43NO8/c1-21(2,3)30-19(24)7-11-26-13-9-23-10-14-28-16-18-29-17-15-27-12-8-20(25)31-22(4,5)6/h23H,7-18H2,1-6H3. The molecule has 0 rings (SSSR count). The first-order valence-corrected chi connectivity index (χ1v) is 10.9. The highest BCUT2D eigenvalue weighted by Crippen LogP contribution is 2.08. The molecular weight excluding hydrogens is 406 g/mol. The Labute approximate surface area is 187 Å². The van der Waals surface area contributed by atoms with Gasteiger partial charge in [0.1, 0.15) is 11.2 Å². The Morgan fingerprint density at radius 3 is 1.26 bits per heavy atom. The van der Waals surface area contributed by atoms with E-state index in [2.05, 4.69) is 5.32 Å². The highest BCUT2D eigenvalue weighted by atomic mass is 16.6. The summed E-state index contributed by atoms with van der Waals surface area (Å²) in [5.74, 6) is -0.508. The van der Waals surface area contributed by atoms with Crippen molar-refractivity contribution in [3.8, 4) is 0 Å². The van der Waals surface area contributed by atoms with Crippen LogP contribution in [0.1, 0.15) is 54.4 Å². The zero-order valence-electron chi connectivity index (χ0n) is 20.3. The quantitative estimate of drug-likeness (QED) is 0.249. The number of esters is 2. The van der Waals surface area contributed by atoms with Crippen molar-refractivity contribution in [3.05, 3.63) is 0 Å². The SMILES string of the molecule is CC(C)(C)OC(=O)CCOCCNCCOCCOCCOCCC(=O)OC(C)(C)C. The van der Waals surface area contributed by atoms with Gasteiger partial charge in [-0.2, -0.15) is 0 Å². The summed E-state index contributed by atoms with van der Waals surface area (Å²) in [6.45, 7) is 16.1. The van der Waals surface area contributed by atoms with Gasteiger partial charge in [0.25, 0.3) is 0 Å². The van der Waals surface area contributed by atoms with E-state index in [1.807, 2.05) is 41.5 Å². The minimum Gasteiger partial charge on any atom is -0.460 e. The maximum absolute atomic E-state index is 11.5. The molecular formula is C22H43NO8. The first-order chi connectivity index (χ1) is 14.5. The Bertz CT molecular complexity index is 429. The summed E-state index contributed by atoms with van der Waals surface area (Å²) >= 11 is 0. The number of carbonyl (C=O) groups excluding carboxylic acids is 2. The van der Waals surface area contributed by atoms with Gasteiger partial charge >= 0.3 is 11.9 Å². The third-order valence-corrected chi connectivity index (χ3v) is 3.33. The number of carbonyl (C=O) groups is 2. The topological polar surface area (TPSA) is 102 Å². The lowest BCUT2D eigenvalue weighted by Crippen LogP contribution is -2.26. The van der Waals surface area contributed by atoms with E-state index in [0.717, 1.165) is 0 Å². The fraction of sp³-hybridized carbons (Fsp3) is 0.909. The van der Waals surface area contributed by atoms with Gasteiger partial charge in [-0.05, 0) is 41.5 Å². The second-order valence-electron chi connectivity index (χ2n) is 8.87. The average Bonchev–Trinajstić information content (AvgIpc) is 2.61. The maximum atomic E-state index is 11.5. The van der Waals surface area contributed by atoms with Crippen LogP contribution in [0.15, 0.2) is 0 Å². The van der Waals surface area contributed by atoms with Crippen LogP contribution in [-0.4, -0.2) is 89.1 Å². The molecule has 0 saturated heterocycles. The molecule has 0 fully saturated rings. The summed E-state index contributed by atoms with van der Waals surface area (Å²) in [5.41, 5.74) is -0.923. The molecule has 0 saturated carbocycles. The van der Waals surface area contributed by atoms with E-state index in [1.165, 1.54) is 0 Å². The Morgan fingerprint density at radius 2 is 0.871 bits per heavy atom. The summed E-state index contributed by atoms with van der Waals surface area (Å²) in [6, 6.07) is 0. The van der Waals surface area contributed by atoms with Crippen LogP contribution in [0.5, 0.6) is 0 Å². The summed E-state index contributed by atoms with van der Waals surface area (Å²) in [5, 5.41) is 3.20. The van der Waals surface area contributed by atoms with Crippen LogP contribution in [0.25, 0.3) is 0 Å². The van der Waals surface area contributed by atoms with Crippen LogP contribution >= 0.6 is 0 Å². The van der Waals surface area contributed by atoms with Crippen molar-refractivity contribution >= 4 is 11.9 Å². The molecule has 0 atom stereocenters. The van der Waals surface area contributed by atoms with Crippen LogP contribution in [-0.2, 0) is 38.0 Å². The maximum Gasteiger partial charge on any atom is 0.308 e. The highest BCUT2D eigenvalue weighted by molar-refractivity contribution is 5.70. The molecule has 0 bridgehead atoms. The summed E-state index contributed by atoms with van der Waals surface area (Å²) in [7, 11) is 0. The first kappa shape index (κ1) is 29.7. The van der Waals surface area contributed by atoms with Crippen molar-refractivity contribution in [2.75, 3.05) is 65.9 Å². The highest BCUT2D eigenvalue weighted by Gasteiger charge is 2.16. The average molecular weight is 450 g/mol. The van der Waals surface area contributed by atoms with Crippen LogP contribution in [0.2, 0.25) is 0 Å². The van der Waals surface area contributed by atoms with Gasteiger partial charge in [-0.1, -0.05) is 0 Å². The lowest BCUT2D eigenvalue weighted by Gasteiger charge is -2.19. The molecule has 0 spiro atoms. The van der Waals surface area contributed by atoms with Crippen LogP contribution < -0.4 is 5.32 Å². The Morgan fingerprint density at radius 1 is 0.548 bits per heavy atom. The predicted molar refractivity (Wildman–Crippen MR) is 117 cm³/mol. The van der Waals surface area contributed by atoms with Gasteiger partial charge in [-0.15, -0.1) is 0 Å². The molecule has 0 amide bonds. The Balaban J connectivity index is 3.24. The molecule has 0 unspecified atom stereocenters. The molecule has 184 valence electrons. The molecule has 0 aliphatic rings. The zero-order valence-corrected chi connectivity index (χ0v) is 20.3. The normalized spacial score (nSPS) is 12.1. The van der Waals surface area contributed by atoms with E-state index in [1.54, 1.807) is 0 Å². The van der Waals surface area contributed by atoms with Crippen molar-refractivity contribution in [1.82, 2.24) is 5.32 Å². The van der Waals surface area contributed by atoms with Crippen LogP contribution in [0.4, 0.5) is 0 Å². The van der Waals surface area contributed by atoms with Gasteiger partial charge in [0.2, 0.25) is 0 Å². The van der Waals surface area contributed by atoms with E-state index < -0.39 is 11.2 Å². The zero-order chi connectivity index (χ0) is 23.6. The van der Waals surface area contributed by atoms with Crippen molar-refractivity contribution in [1.29, 1.82) is 0 Å². The molecule has 9 heteroatoms. The van der Waals surface area contributed by atoms with E-state index in [0.29, 0.717) is 65.9 Å². The van der Waals surface area contributed by atoms with Gasteiger partial charge in [-0.25, -0.2) is 0 Å². The smallest absolute Gasteiger partial charge is 0.308 e. The van der Waals surface area contributed by atoms with Crippen molar-refractivity contribution < 1.29 is 38.0 Å². The molecule has 0 aromatic rings. The van der Waals surface area contributed by atoms with E-state index >= 15 is 0 Å². The molecule has 9 nitrogen and oxygen atoms in total. The summed E-state index contributed by atoms with van der Waals surface area (Å²) in [6.07, 6.45) is 0.497. The van der Waals surface area contributed by atoms with E-state index in [9.17, 15) is 9.59 Å². The molecule has 0 aromatic carbocycles. The lowest BCUT2D eigenvalue weighted by atomic mass is 10.2. The molecule has 0 aromatic heterocycles. The van der Waals surface area contributed by atoms with Crippen LogP contribution in [0.3, 0.4) is 0 Å². The van der Waals surface area contributed by atoms with Gasteiger partial charge in [0.15, 0.2) is 0 Å². The van der Waals surface area contributed by atoms with Crippen molar-refractivity contribution in [3.63, 3.8) is 0 Å². The van der Waals surface area contributed by atoms with Gasteiger partial charge in [0.05, 0.1) is 65.7 Å². The summed E-state index contributed by atoms with van der Waals surface area (Å²) < 4.78 is 32.0. The molecule has 1 N–H and O–H groups in total. The van der Waals surface area contributed by atoms with Crippen LogP contribution in [0, 0.1) is 0 Å². The van der Waals surface area contributed by atoms with E-state index in [-0.39, 0.29) is 24.8 Å². The monoisotopic (exact) mass is 449 g/mol. The first-order valence-electron chi connectivity index (χ1n) is 10.9. The van der Waals surface area contributed by atoms with E-state index in [4.69, 9.17) is 28.4 Å². The molecule has 31 heavy (non-hydrogen) atoms. The fourth-order valence-electron chi connectivity index (χ4n) is 2.15.